The molecule has 0 amide bonds. The molecule has 0 spiro atoms. The number of rotatable bonds is 3. The van der Waals surface area contributed by atoms with Crippen molar-refractivity contribution < 1.29 is 4.79 Å². The Labute approximate surface area is 132 Å². The molecule has 5 heteroatoms. The maximum absolute atomic E-state index is 12.1. The number of Topliss-reactive ketones (excluding diaryl/α,β-unsaturated/α-hetero) is 1. The van der Waals surface area contributed by atoms with Gasteiger partial charge in [-0.3, -0.25) is 9.80 Å². The lowest BCUT2D eigenvalue weighted by Gasteiger charge is -2.42. The van der Waals surface area contributed by atoms with E-state index in [9.17, 15) is 4.79 Å². The summed E-state index contributed by atoms with van der Waals surface area (Å²) in [6.07, 6.45) is 2.37. The summed E-state index contributed by atoms with van der Waals surface area (Å²) in [6.45, 7) is 9.71. The first-order valence-corrected chi connectivity index (χ1v) is 7.97. The van der Waals surface area contributed by atoms with Crippen LogP contribution in [0.2, 0.25) is 0 Å². The van der Waals surface area contributed by atoms with Gasteiger partial charge in [-0.25, -0.2) is 10.4 Å². The van der Waals surface area contributed by atoms with Crippen LogP contribution in [0.1, 0.15) is 39.7 Å². The van der Waals surface area contributed by atoms with E-state index in [0.717, 1.165) is 11.4 Å². The topological polar surface area (TPSA) is 48.5 Å². The molecule has 0 saturated carbocycles. The van der Waals surface area contributed by atoms with Crippen molar-refractivity contribution in [1.29, 1.82) is 0 Å². The zero-order valence-corrected chi connectivity index (χ0v) is 13.8. The summed E-state index contributed by atoms with van der Waals surface area (Å²) in [4.78, 5) is 18.9. The highest BCUT2D eigenvalue weighted by atomic mass is 16.1. The molecule has 0 aromatic carbocycles. The van der Waals surface area contributed by atoms with Gasteiger partial charge < -0.3 is 4.90 Å². The number of carbonyl (C=O) groups excluding carboxylic acids is 1. The second-order valence-corrected chi connectivity index (χ2v) is 6.63. The molecule has 1 aromatic rings. The third-order valence-electron chi connectivity index (χ3n) is 4.06. The fourth-order valence-electron chi connectivity index (χ4n) is 3.25. The van der Waals surface area contributed by atoms with Crippen molar-refractivity contribution >= 4 is 17.3 Å². The Morgan fingerprint density at radius 3 is 2.68 bits per heavy atom. The fraction of sp³-hybridized carbons (Fsp3) is 0.529. The number of ketones is 1. The molecule has 22 heavy (non-hydrogen) atoms. The molecule has 3 heterocycles. The molecule has 2 aliphatic heterocycles. The Morgan fingerprint density at radius 1 is 1.23 bits per heavy atom. The molecule has 0 unspecified atom stereocenters. The van der Waals surface area contributed by atoms with E-state index in [1.165, 1.54) is 11.3 Å². The minimum absolute atomic E-state index is 0.296. The van der Waals surface area contributed by atoms with E-state index >= 15 is 0 Å². The van der Waals surface area contributed by atoms with Gasteiger partial charge in [0.25, 0.3) is 0 Å². The zero-order chi connectivity index (χ0) is 15.9. The van der Waals surface area contributed by atoms with Crippen LogP contribution >= 0.6 is 0 Å². The molecule has 118 valence electrons. The average Bonchev–Trinajstić information content (AvgIpc) is 2.45. The number of nitrogens with zero attached hydrogens (tertiary/aromatic N) is 3. The van der Waals surface area contributed by atoms with Crippen molar-refractivity contribution in [1.82, 2.24) is 15.3 Å². The lowest BCUT2D eigenvalue weighted by molar-refractivity contribution is -0.119. The van der Waals surface area contributed by atoms with E-state index in [1.54, 1.807) is 0 Å². The van der Waals surface area contributed by atoms with Crippen LogP contribution in [0, 0.1) is 0 Å². The monoisotopic (exact) mass is 300 g/mol. The SMILES string of the molecule is CC(C)NN1CC2=C(c3cccnc31)N(C(C)C)CC(=O)C2. The van der Waals surface area contributed by atoms with Gasteiger partial charge in [0.15, 0.2) is 11.6 Å². The largest absolute Gasteiger partial charge is 0.361 e. The summed E-state index contributed by atoms with van der Waals surface area (Å²) in [7, 11) is 0. The first-order chi connectivity index (χ1) is 10.5. The van der Waals surface area contributed by atoms with Crippen LogP contribution in [-0.2, 0) is 4.79 Å². The molecule has 5 nitrogen and oxygen atoms in total. The molecule has 0 saturated heterocycles. The van der Waals surface area contributed by atoms with Crippen molar-refractivity contribution in [3.05, 3.63) is 29.5 Å². The Hall–Kier alpha value is -1.88. The van der Waals surface area contributed by atoms with E-state index in [1.807, 2.05) is 12.3 Å². The first-order valence-electron chi connectivity index (χ1n) is 7.97. The number of hydrogen-bond donors (Lipinski definition) is 1. The van der Waals surface area contributed by atoms with Crippen LogP contribution < -0.4 is 10.4 Å². The highest BCUT2D eigenvalue weighted by molar-refractivity contribution is 5.93. The quantitative estimate of drug-likeness (QED) is 0.927. The highest BCUT2D eigenvalue weighted by Gasteiger charge is 2.34. The van der Waals surface area contributed by atoms with E-state index in [0.29, 0.717) is 37.4 Å². The summed E-state index contributed by atoms with van der Waals surface area (Å²) in [6, 6.07) is 4.69. The number of hydrazine groups is 1. The minimum atomic E-state index is 0.296. The standard InChI is InChI=1S/C17H24N4O/c1-11(2)19-21-9-13-8-14(22)10-20(12(3)4)16(13)15-6-5-7-18-17(15)21/h5-7,11-12,19H,8-10H2,1-4H3. The molecule has 3 rings (SSSR count). The highest BCUT2D eigenvalue weighted by Crippen LogP contribution is 2.38. The normalized spacial score (nSPS) is 18.2. The molecule has 0 aliphatic carbocycles. The maximum Gasteiger partial charge on any atom is 0.156 e. The number of hydrogen-bond acceptors (Lipinski definition) is 5. The third kappa shape index (κ3) is 2.61. The zero-order valence-electron chi connectivity index (χ0n) is 13.8. The molecular weight excluding hydrogens is 276 g/mol. The first kappa shape index (κ1) is 15.0. The number of aromatic nitrogens is 1. The van der Waals surface area contributed by atoms with Crippen LogP contribution in [-0.4, -0.2) is 40.8 Å². The number of pyridine rings is 1. The van der Waals surface area contributed by atoms with Crippen LogP contribution in [0.25, 0.3) is 5.70 Å². The molecule has 0 radical (unpaired) electrons. The van der Waals surface area contributed by atoms with E-state index in [4.69, 9.17) is 0 Å². The van der Waals surface area contributed by atoms with Crippen molar-refractivity contribution in [3.8, 4) is 0 Å². The minimum Gasteiger partial charge on any atom is -0.361 e. The van der Waals surface area contributed by atoms with Crippen LogP contribution in [0.3, 0.4) is 0 Å². The fourth-order valence-corrected chi connectivity index (χ4v) is 3.25. The average molecular weight is 300 g/mol. The van der Waals surface area contributed by atoms with Crippen LogP contribution in [0.15, 0.2) is 23.9 Å². The van der Waals surface area contributed by atoms with Crippen molar-refractivity contribution in [2.45, 2.75) is 46.2 Å². The lowest BCUT2D eigenvalue weighted by Crippen LogP contribution is -2.49. The van der Waals surface area contributed by atoms with E-state index < -0.39 is 0 Å². The Balaban J connectivity index is 2.10. The summed E-state index contributed by atoms with van der Waals surface area (Å²) < 4.78 is 0. The van der Waals surface area contributed by atoms with Crippen molar-refractivity contribution in [3.63, 3.8) is 0 Å². The van der Waals surface area contributed by atoms with Gasteiger partial charge in [-0.2, -0.15) is 0 Å². The number of anilines is 1. The molecule has 1 N–H and O–H groups in total. The van der Waals surface area contributed by atoms with Crippen LogP contribution in [0.4, 0.5) is 5.82 Å². The number of nitrogens with one attached hydrogen (secondary N) is 1. The van der Waals surface area contributed by atoms with Gasteiger partial charge in [0, 0.05) is 36.0 Å². The number of carbonyl (C=O) groups is 1. The second kappa shape index (κ2) is 5.72. The van der Waals surface area contributed by atoms with E-state index in [2.05, 4.69) is 54.1 Å². The lowest BCUT2D eigenvalue weighted by atomic mass is 9.92. The van der Waals surface area contributed by atoms with Gasteiger partial charge in [-0.15, -0.1) is 0 Å². The predicted molar refractivity (Wildman–Crippen MR) is 88.2 cm³/mol. The molecule has 0 atom stereocenters. The van der Waals surface area contributed by atoms with Crippen LogP contribution in [0.5, 0.6) is 0 Å². The molecular formula is C17H24N4O. The van der Waals surface area contributed by atoms with E-state index in [-0.39, 0.29) is 0 Å². The summed E-state index contributed by atoms with van der Waals surface area (Å²) in [5.74, 6) is 1.25. The Kier molecular flexibility index (Phi) is 3.91. The Bertz CT molecular complexity index is 621. The smallest absolute Gasteiger partial charge is 0.156 e. The van der Waals surface area contributed by atoms with Crippen molar-refractivity contribution in [2.24, 2.45) is 0 Å². The second-order valence-electron chi connectivity index (χ2n) is 6.63. The summed E-state index contributed by atoms with van der Waals surface area (Å²) in [5.41, 5.74) is 6.96. The number of fused-ring (bicyclic) bond motifs is 2. The van der Waals surface area contributed by atoms with Gasteiger partial charge in [0.05, 0.1) is 13.1 Å². The molecule has 0 fully saturated rings. The predicted octanol–water partition coefficient (Wildman–Crippen LogP) is 2.21. The Morgan fingerprint density at radius 2 is 2.00 bits per heavy atom. The summed E-state index contributed by atoms with van der Waals surface area (Å²) in [5, 5.41) is 2.08. The molecule has 2 aliphatic rings. The van der Waals surface area contributed by atoms with Gasteiger partial charge in [0.1, 0.15) is 0 Å². The molecule has 0 bridgehead atoms. The maximum atomic E-state index is 12.1. The van der Waals surface area contributed by atoms with Gasteiger partial charge in [0.2, 0.25) is 0 Å². The van der Waals surface area contributed by atoms with Gasteiger partial charge in [-0.1, -0.05) is 0 Å². The van der Waals surface area contributed by atoms with Gasteiger partial charge in [-0.05, 0) is 45.4 Å². The van der Waals surface area contributed by atoms with Crippen molar-refractivity contribution in [2.75, 3.05) is 18.1 Å². The third-order valence-corrected chi connectivity index (χ3v) is 4.06. The molecule has 1 aromatic heterocycles. The van der Waals surface area contributed by atoms with Gasteiger partial charge >= 0.3 is 0 Å². The summed E-state index contributed by atoms with van der Waals surface area (Å²) >= 11 is 0.